The molecule has 4 aliphatic carbocycles. The molecular weight excluding hydrogens is 1290 g/mol. The molecule has 5 saturated heterocycles. The fraction of sp³-hybridized carbons (Fsp3) is 0.833. The topological polar surface area (TPSA) is 464 Å². The first-order valence-electron chi connectivity index (χ1n) is 33.6. The Balaban J connectivity index is 0.829. The summed E-state index contributed by atoms with van der Waals surface area (Å²) < 4.78 is 82.5. The Hall–Kier alpha value is -3.79. The van der Waals surface area contributed by atoms with E-state index in [-0.39, 0.29) is 53.6 Å². The zero-order valence-corrected chi connectivity index (χ0v) is 55.7. The van der Waals surface area contributed by atoms with Crippen LogP contribution in [0.25, 0.3) is 0 Å². The summed E-state index contributed by atoms with van der Waals surface area (Å²) in [6.45, 7) is 8.09. The monoisotopic (exact) mass is 1390 g/mol. The van der Waals surface area contributed by atoms with Crippen LogP contribution in [-0.4, -0.2) is 296 Å². The largest absolute Gasteiger partial charge is 0.493 e. The van der Waals surface area contributed by atoms with E-state index in [0.29, 0.717) is 50.7 Å². The van der Waals surface area contributed by atoms with Crippen LogP contribution in [0.1, 0.15) is 110 Å². The number of ether oxygens (including phenoxy) is 14. The number of benzene rings is 1. The van der Waals surface area contributed by atoms with Gasteiger partial charge in [-0.15, -0.1) is 0 Å². The third kappa shape index (κ3) is 14.9. The molecule has 1 aromatic carbocycles. The van der Waals surface area contributed by atoms with Crippen molar-refractivity contribution in [3.05, 3.63) is 35.4 Å². The molecule has 0 aromatic heterocycles. The summed E-state index contributed by atoms with van der Waals surface area (Å²) in [7, 11) is 2.79. The molecule has 550 valence electrons. The van der Waals surface area contributed by atoms with Crippen molar-refractivity contribution in [2.24, 2.45) is 40.4 Å². The number of allylic oxidation sites excluding steroid dienone is 1. The Labute approximate surface area is 561 Å². The second-order valence-corrected chi connectivity index (χ2v) is 28.6. The molecule has 0 spiro atoms. The average Bonchev–Trinajstić information content (AvgIpc) is 1.57. The summed E-state index contributed by atoms with van der Waals surface area (Å²) in [4.78, 5) is 41.3. The van der Waals surface area contributed by atoms with Crippen LogP contribution in [0.5, 0.6) is 11.5 Å². The molecule has 0 radical (unpaired) electrons. The van der Waals surface area contributed by atoms with E-state index >= 15 is 0 Å². The quantitative estimate of drug-likeness (QED) is 0.0398. The number of carbonyl (C=O) groups is 3. The van der Waals surface area contributed by atoms with Gasteiger partial charge in [-0.2, -0.15) is 0 Å². The molecule has 1 aromatic rings. The maximum absolute atomic E-state index is 14.5. The number of esters is 2. The van der Waals surface area contributed by atoms with Gasteiger partial charge in [-0.3, -0.25) is 9.59 Å². The predicted molar refractivity (Wildman–Crippen MR) is 326 cm³/mol. The number of aliphatic hydroxyl groups excluding tert-OH is 13. The highest BCUT2D eigenvalue weighted by Gasteiger charge is 2.71. The van der Waals surface area contributed by atoms with Gasteiger partial charge in [0, 0.05) is 24.7 Å². The second kappa shape index (κ2) is 31.0. The average molecular weight is 1390 g/mol. The number of ketones is 1. The van der Waals surface area contributed by atoms with Gasteiger partial charge in [-0.25, -0.2) is 4.79 Å². The summed E-state index contributed by atoms with van der Waals surface area (Å²) in [5, 5.41) is 154. The number of rotatable bonds is 23. The van der Waals surface area contributed by atoms with Gasteiger partial charge in [0.1, 0.15) is 109 Å². The minimum absolute atomic E-state index is 0.0253. The van der Waals surface area contributed by atoms with Crippen molar-refractivity contribution in [2.45, 2.75) is 258 Å². The number of Topliss-reactive ketones (excluding diaryl/α,β-unsaturated/α-hetero) is 1. The molecule has 0 bridgehead atoms. The summed E-state index contributed by atoms with van der Waals surface area (Å²) in [5.41, 5.74) is -2.17. The maximum Gasteiger partial charge on any atom is 0.338 e. The van der Waals surface area contributed by atoms with Gasteiger partial charge in [0.05, 0.1) is 65.0 Å². The van der Waals surface area contributed by atoms with Crippen molar-refractivity contribution in [1.29, 1.82) is 0 Å². The standard InChI is InChI=1S/C66H100O31/c1-27(2)9-13-36(69)28(3)66(83)44(95-63-57(90-29(4)68)55(38(71)24-87-63)97-62-56(45(72)37(70)23-86-62)96-58(82)30-10-14-39(84-7)40(19-30)85-8)21-35-33-12-11-31-20-32(15-17-64(31,5)34(33)16-18-65(35,66)6)91-61-54(81)51(78)48(75)43(94-61)26-89-60-53(80)50(77)47(74)42(93-60)25-88-59-52(79)49(76)46(73)41(22-67)92-59/h10-11,14,19,27-28,32-35,37-38,41-57,59-63,67,70-81,83H,9,12-13,15-18,20-26H2,1-8H3. The first kappa shape index (κ1) is 75.9. The summed E-state index contributed by atoms with van der Waals surface area (Å²) in [6, 6.07) is 4.21. The van der Waals surface area contributed by atoms with Crippen molar-refractivity contribution in [2.75, 3.05) is 47.3 Å². The van der Waals surface area contributed by atoms with E-state index in [2.05, 4.69) is 13.0 Å². The van der Waals surface area contributed by atoms with Crippen LogP contribution in [-0.2, 0) is 66.4 Å². The predicted octanol–water partition coefficient (Wildman–Crippen LogP) is -2.49. The molecule has 32 unspecified atom stereocenters. The van der Waals surface area contributed by atoms with Gasteiger partial charge in [0.2, 0.25) is 0 Å². The number of hydrogen-bond donors (Lipinski definition) is 14. The SMILES string of the molecule is COc1ccc(C(=O)OC2C(OC3C(O)COC(OC4CC5C6CC=C7CC(OC8OC(COC9OC(COC%10OC(CO)C(O)C(O)C%10O)C(O)C(O)C9O)C(O)C(O)C8O)CCC7(C)C6CCC5(C)C4(O)C(C)C(=O)CCC(C)C)C3OC(C)=O)OCC(O)C2O)cc1OC. The van der Waals surface area contributed by atoms with Crippen molar-refractivity contribution in [1.82, 2.24) is 0 Å². The number of methoxy groups -OCH3 is 2. The Morgan fingerprint density at radius 1 is 0.619 bits per heavy atom. The van der Waals surface area contributed by atoms with Crippen LogP contribution < -0.4 is 9.47 Å². The molecule has 32 atom stereocenters. The van der Waals surface area contributed by atoms with Gasteiger partial charge in [0.15, 0.2) is 55.2 Å². The van der Waals surface area contributed by atoms with Crippen molar-refractivity contribution in [3.63, 3.8) is 0 Å². The van der Waals surface area contributed by atoms with Crippen LogP contribution in [0.15, 0.2) is 29.8 Å². The lowest BCUT2D eigenvalue weighted by Gasteiger charge is -2.59. The molecule has 97 heavy (non-hydrogen) atoms. The molecule has 5 heterocycles. The highest BCUT2D eigenvalue weighted by molar-refractivity contribution is 5.90. The number of aliphatic hydroxyl groups is 14. The smallest absolute Gasteiger partial charge is 0.338 e. The number of hydrogen-bond acceptors (Lipinski definition) is 31. The molecule has 31 nitrogen and oxygen atoms in total. The lowest BCUT2D eigenvalue weighted by Crippen LogP contribution is -2.64. The van der Waals surface area contributed by atoms with Gasteiger partial charge in [-0.05, 0) is 98.7 Å². The molecule has 9 aliphatic rings. The Kier molecular flexibility index (Phi) is 24.3. The lowest BCUT2D eigenvalue weighted by molar-refractivity contribution is -0.345. The Morgan fingerprint density at radius 3 is 1.79 bits per heavy atom. The molecule has 31 heteroatoms. The van der Waals surface area contributed by atoms with Crippen LogP contribution >= 0.6 is 0 Å². The number of fused-ring (bicyclic) bond motifs is 5. The van der Waals surface area contributed by atoms with Gasteiger partial charge in [0.25, 0.3) is 0 Å². The van der Waals surface area contributed by atoms with Crippen LogP contribution in [0.2, 0.25) is 0 Å². The summed E-state index contributed by atoms with van der Waals surface area (Å²) >= 11 is 0. The summed E-state index contributed by atoms with van der Waals surface area (Å²) in [5.74, 6) is -2.59. The van der Waals surface area contributed by atoms with E-state index in [4.69, 9.17) is 66.3 Å². The fourth-order valence-corrected chi connectivity index (χ4v) is 16.6. The summed E-state index contributed by atoms with van der Waals surface area (Å²) in [6.07, 6.45) is -33.6. The minimum Gasteiger partial charge on any atom is -0.493 e. The minimum atomic E-state index is -1.89. The molecule has 3 saturated carbocycles. The highest BCUT2D eigenvalue weighted by Crippen LogP contribution is 2.69. The lowest BCUT2D eigenvalue weighted by atomic mass is 9.46. The zero-order valence-electron chi connectivity index (χ0n) is 55.7. The van der Waals surface area contributed by atoms with Gasteiger partial charge >= 0.3 is 11.9 Å². The Morgan fingerprint density at radius 2 is 1.20 bits per heavy atom. The third-order valence-electron chi connectivity index (χ3n) is 22.4. The van der Waals surface area contributed by atoms with E-state index in [9.17, 15) is 85.9 Å². The zero-order chi connectivity index (χ0) is 70.5. The first-order chi connectivity index (χ1) is 45.9. The van der Waals surface area contributed by atoms with Crippen molar-refractivity contribution >= 4 is 17.7 Å². The number of carbonyl (C=O) groups excluding carboxylic acids is 3. The van der Waals surface area contributed by atoms with Crippen molar-refractivity contribution in [3.8, 4) is 11.5 Å². The fourth-order valence-electron chi connectivity index (χ4n) is 16.6. The van der Waals surface area contributed by atoms with Crippen molar-refractivity contribution < 1.29 is 152 Å². The van der Waals surface area contributed by atoms with Crippen LogP contribution in [0.4, 0.5) is 0 Å². The van der Waals surface area contributed by atoms with Gasteiger partial charge < -0.3 is 138 Å². The van der Waals surface area contributed by atoms with E-state index < -0.39 is 221 Å². The van der Waals surface area contributed by atoms with Crippen LogP contribution in [0.3, 0.4) is 0 Å². The van der Waals surface area contributed by atoms with E-state index in [1.54, 1.807) is 6.92 Å². The van der Waals surface area contributed by atoms with E-state index in [1.165, 1.54) is 32.4 Å². The van der Waals surface area contributed by atoms with Gasteiger partial charge in [-0.1, -0.05) is 46.3 Å². The molecule has 8 fully saturated rings. The van der Waals surface area contributed by atoms with E-state index in [1.807, 2.05) is 20.8 Å². The molecule has 14 N–H and O–H groups in total. The van der Waals surface area contributed by atoms with Crippen LogP contribution in [0, 0.1) is 40.4 Å². The molecule has 10 rings (SSSR count). The third-order valence-corrected chi connectivity index (χ3v) is 22.4. The first-order valence-corrected chi connectivity index (χ1v) is 33.6. The molecule has 5 aliphatic heterocycles. The second-order valence-electron chi connectivity index (χ2n) is 28.6. The normalized spacial score (nSPS) is 45.6. The Bertz CT molecular complexity index is 2870. The van der Waals surface area contributed by atoms with E-state index in [0.717, 1.165) is 12.5 Å². The molecular formula is C66H100O31. The highest BCUT2D eigenvalue weighted by atomic mass is 16.8. The molecule has 0 amide bonds. The maximum atomic E-state index is 14.5.